The highest BCUT2D eigenvalue weighted by Gasteiger charge is 2.12. The summed E-state index contributed by atoms with van der Waals surface area (Å²) in [4.78, 5) is 8.67. The van der Waals surface area contributed by atoms with Crippen molar-refractivity contribution in [3.8, 4) is 11.1 Å². The molecule has 0 fully saturated rings. The van der Waals surface area contributed by atoms with Crippen LogP contribution in [0.2, 0.25) is 0 Å². The normalized spacial score (nSPS) is 10.7. The molecule has 0 atom stereocenters. The Hall–Kier alpha value is -1.94. The summed E-state index contributed by atoms with van der Waals surface area (Å²) in [6.45, 7) is 4.70. The van der Waals surface area contributed by atoms with Gasteiger partial charge < -0.3 is 11.5 Å². The van der Waals surface area contributed by atoms with Gasteiger partial charge in [0, 0.05) is 5.56 Å². The third-order valence-electron chi connectivity index (χ3n) is 3.11. The lowest BCUT2D eigenvalue weighted by Crippen LogP contribution is -2.07. The highest BCUT2D eigenvalue weighted by Crippen LogP contribution is 2.27. The first-order valence-corrected chi connectivity index (χ1v) is 6.52. The summed E-state index contributed by atoms with van der Waals surface area (Å²) in [5.74, 6) is 0.334. The van der Waals surface area contributed by atoms with Crippen molar-refractivity contribution in [2.75, 3.05) is 12.3 Å². The van der Waals surface area contributed by atoms with Crippen LogP contribution < -0.4 is 11.5 Å². The number of nitrogens with two attached hydrogens (primary N) is 2. The zero-order chi connectivity index (χ0) is 13.8. The topological polar surface area (TPSA) is 77.8 Å². The van der Waals surface area contributed by atoms with E-state index in [0.717, 1.165) is 35.4 Å². The molecule has 0 saturated heterocycles. The van der Waals surface area contributed by atoms with Gasteiger partial charge >= 0.3 is 0 Å². The van der Waals surface area contributed by atoms with Crippen LogP contribution in [0.4, 0.5) is 5.95 Å². The third kappa shape index (κ3) is 3.09. The van der Waals surface area contributed by atoms with Gasteiger partial charge in [-0.2, -0.15) is 0 Å². The van der Waals surface area contributed by atoms with Crippen LogP contribution in [0.1, 0.15) is 23.4 Å². The van der Waals surface area contributed by atoms with Crippen LogP contribution in [0.25, 0.3) is 11.1 Å². The Morgan fingerprint density at radius 1 is 1.16 bits per heavy atom. The molecule has 0 amide bonds. The molecule has 2 rings (SSSR count). The second-order valence-electron chi connectivity index (χ2n) is 4.75. The number of aromatic nitrogens is 2. The highest BCUT2D eigenvalue weighted by atomic mass is 15.0. The maximum atomic E-state index is 5.75. The second kappa shape index (κ2) is 5.80. The fourth-order valence-corrected chi connectivity index (χ4v) is 2.28. The molecule has 1 aromatic carbocycles. The molecule has 0 radical (unpaired) electrons. The van der Waals surface area contributed by atoms with Gasteiger partial charge in [-0.15, -0.1) is 0 Å². The van der Waals surface area contributed by atoms with Crippen molar-refractivity contribution in [2.24, 2.45) is 5.73 Å². The van der Waals surface area contributed by atoms with Crippen molar-refractivity contribution in [1.82, 2.24) is 9.97 Å². The molecule has 0 aliphatic heterocycles. The monoisotopic (exact) mass is 256 g/mol. The van der Waals surface area contributed by atoms with Crippen molar-refractivity contribution < 1.29 is 0 Å². The van der Waals surface area contributed by atoms with E-state index in [1.807, 2.05) is 13.0 Å². The lowest BCUT2D eigenvalue weighted by atomic mass is 9.98. The van der Waals surface area contributed by atoms with Gasteiger partial charge in [-0.25, -0.2) is 9.97 Å². The molecule has 1 aromatic heterocycles. The Balaban J connectivity index is 2.54. The molecule has 0 spiro atoms. The van der Waals surface area contributed by atoms with E-state index in [9.17, 15) is 0 Å². The van der Waals surface area contributed by atoms with E-state index in [1.54, 1.807) is 0 Å². The first-order chi connectivity index (χ1) is 9.11. The van der Waals surface area contributed by atoms with Gasteiger partial charge in [0.2, 0.25) is 5.95 Å². The summed E-state index contributed by atoms with van der Waals surface area (Å²) in [7, 11) is 0. The van der Waals surface area contributed by atoms with E-state index < -0.39 is 0 Å². The number of hydrogen-bond donors (Lipinski definition) is 2. The van der Waals surface area contributed by atoms with Crippen molar-refractivity contribution in [3.63, 3.8) is 0 Å². The number of benzene rings is 1. The minimum Gasteiger partial charge on any atom is -0.368 e. The van der Waals surface area contributed by atoms with Gasteiger partial charge in [-0.3, -0.25) is 0 Å². The van der Waals surface area contributed by atoms with Crippen LogP contribution in [0.5, 0.6) is 0 Å². The maximum absolute atomic E-state index is 5.75. The quantitative estimate of drug-likeness (QED) is 0.879. The SMILES string of the molecule is Cc1cccc(-c2c(C)nc(N)nc2CCCN)c1. The number of nitrogens with zero attached hydrogens (tertiary/aromatic N) is 2. The van der Waals surface area contributed by atoms with Gasteiger partial charge in [-0.1, -0.05) is 29.8 Å². The maximum Gasteiger partial charge on any atom is 0.220 e. The Labute approximate surface area is 113 Å². The summed E-state index contributed by atoms with van der Waals surface area (Å²) >= 11 is 0. The van der Waals surface area contributed by atoms with Gasteiger partial charge in [0.05, 0.1) is 11.4 Å². The fourth-order valence-electron chi connectivity index (χ4n) is 2.28. The molecule has 4 nitrogen and oxygen atoms in total. The van der Waals surface area contributed by atoms with E-state index >= 15 is 0 Å². The molecular weight excluding hydrogens is 236 g/mol. The van der Waals surface area contributed by atoms with Crippen LogP contribution in [0, 0.1) is 13.8 Å². The number of rotatable bonds is 4. The van der Waals surface area contributed by atoms with Crippen molar-refractivity contribution in [1.29, 1.82) is 0 Å². The molecule has 1 heterocycles. The van der Waals surface area contributed by atoms with E-state index in [0.29, 0.717) is 12.5 Å². The molecule has 0 bridgehead atoms. The molecule has 4 N–H and O–H groups in total. The minimum absolute atomic E-state index is 0.334. The predicted octanol–water partition coefficient (Wildman–Crippen LogP) is 2.23. The second-order valence-corrected chi connectivity index (χ2v) is 4.75. The largest absolute Gasteiger partial charge is 0.368 e. The fraction of sp³-hybridized carbons (Fsp3) is 0.333. The standard InChI is InChI=1S/C15H20N4/c1-10-5-3-6-12(9-10)14-11(2)18-15(17)19-13(14)7-4-8-16/h3,5-6,9H,4,7-8,16H2,1-2H3,(H2,17,18,19). The molecule has 4 heteroatoms. The van der Waals surface area contributed by atoms with Gasteiger partial charge in [-0.05, 0) is 38.8 Å². The third-order valence-corrected chi connectivity index (χ3v) is 3.11. The van der Waals surface area contributed by atoms with Gasteiger partial charge in [0.25, 0.3) is 0 Å². The lowest BCUT2D eigenvalue weighted by Gasteiger charge is -2.12. The first-order valence-electron chi connectivity index (χ1n) is 6.52. The van der Waals surface area contributed by atoms with Crippen molar-refractivity contribution in [2.45, 2.75) is 26.7 Å². The zero-order valence-corrected chi connectivity index (χ0v) is 11.5. The summed E-state index contributed by atoms with van der Waals surface area (Å²) in [5.41, 5.74) is 16.7. The average Bonchev–Trinajstić information content (AvgIpc) is 2.35. The number of aryl methyl sites for hydroxylation is 3. The number of anilines is 1. The minimum atomic E-state index is 0.334. The first kappa shape index (κ1) is 13.5. The molecule has 19 heavy (non-hydrogen) atoms. The zero-order valence-electron chi connectivity index (χ0n) is 11.5. The van der Waals surface area contributed by atoms with Crippen LogP contribution in [0.15, 0.2) is 24.3 Å². The Kier molecular flexibility index (Phi) is 4.12. The highest BCUT2D eigenvalue weighted by molar-refractivity contribution is 5.69. The molecule has 100 valence electrons. The average molecular weight is 256 g/mol. The van der Waals surface area contributed by atoms with E-state index in [4.69, 9.17) is 11.5 Å². The van der Waals surface area contributed by atoms with E-state index in [2.05, 4.69) is 35.1 Å². The predicted molar refractivity (Wildman–Crippen MR) is 78.7 cm³/mol. The van der Waals surface area contributed by atoms with E-state index in [1.165, 1.54) is 5.56 Å². The van der Waals surface area contributed by atoms with Crippen molar-refractivity contribution >= 4 is 5.95 Å². The molecule has 0 aliphatic rings. The summed E-state index contributed by atoms with van der Waals surface area (Å²) in [6, 6.07) is 8.36. The van der Waals surface area contributed by atoms with Gasteiger partial charge in [0.15, 0.2) is 0 Å². The molecule has 2 aromatic rings. The van der Waals surface area contributed by atoms with Crippen LogP contribution in [-0.4, -0.2) is 16.5 Å². The van der Waals surface area contributed by atoms with Crippen LogP contribution >= 0.6 is 0 Å². The lowest BCUT2D eigenvalue weighted by molar-refractivity contribution is 0.807. The Morgan fingerprint density at radius 2 is 1.95 bits per heavy atom. The smallest absolute Gasteiger partial charge is 0.220 e. The number of nitrogen functional groups attached to an aromatic ring is 1. The van der Waals surface area contributed by atoms with Crippen LogP contribution in [0.3, 0.4) is 0 Å². The summed E-state index contributed by atoms with van der Waals surface area (Å²) in [6.07, 6.45) is 1.72. The molecule has 0 saturated carbocycles. The summed E-state index contributed by atoms with van der Waals surface area (Å²) in [5, 5.41) is 0. The Bertz CT molecular complexity index is 578. The number of hydrogen-bond acceptors (Lipinski definition) is 4. The van der Waals surface area contributed by atoms with Crippen molar-refractivity contribution in [3.05, 3.63) is 41.2 Å². The molecular formula is C15H20N4. The molecule has 0 unspecified atom stereocenters. The Morgan fingerprint density at radius 3 is 2.63 bits per heavy atom. The van der Waals surface area contributed by atoms with E-state index in [-0.39, 0.29) is 0 Å². The summed E-state index contributed by atoms with van der Waals surface area (Å²) < 4.78 is 0. The molecule has 0 aliphatic carbocycles. The van der Waals surface area contributed by atoms with Crippen LogP contribution in [-0.2, 0) is 6.42 Å². The van der Waals surface area contributed by atoms with Gasteiger partial charge in [0.1, 0.15) is 0 Å².